The summed E-state index contributed by atoms with van der Waals surface area (Å²) in [4.78, 5) is 23.0. The van der Waals surface area contributed by atoms with Crippen LogP contribution < -0.4 is 0 Å². The average molecular weight is 334 g/mol. The van der Waals surface area contributed by atoms with Gasteiger partial charge in [-0.15, -0.1) is 0 Å². The van der Waals surface area contributed by atoms with E-state index in [2.05, 4.69) is 33.8 Å². The molecule has 0 bridgehead atoms. The SMILES string of the molecule is CC1=CCOOC1CC1(C)C(C)C(O)CC2(C)C(C)=CC(=O)CC21. The van der Waals surface area contributed by atoms with Crippen LogP contribution in [-0.4, -0.2) is 29.7 Å². The molecule has 0 aromatic heterocycles. The maximum atomic E-state index is 12.3. The van der Waals surface area contributed by atoms with Crippen LogP contribution in [0.2, 0.25) is 0 Å². The summed E-state index contributed by atoms with van der Waals surface area (Å²) in [6.45, 7) is 11.1. The molecule has 134 valence electrons. The quantitative estimate of drug-likeness (QED) is 0.619. The van der Waals surface area contributed by atoms with Gasteiger partial charge in [-0.25, -0.2) is 9.78 Å². The lowest BCUT2D eigenvalue weighted by Gasteiger charge is -2.59. The van der Waals surface area contributed by atoms with E-state index in [1.165, 1.54) is 5.57 Å². The molecule has 3 rings (SSSR count). The molecule has 0 radical (unpaired) electrons. The number of rotatable bonds is 2. The van der Waals surface area contributed by atoms with Gasteiger partial charge in [0.15, 0.2) is 5.78 Å². The van der Waals surface area contributed by atoms with Crippen molar-refractivity contribution in [2.75, 3.05) is 6.61 Å². The Morgan fingerprint density at radius 1 is 1.33 bits per heavy atom. The van der Waals surface area contributed by atoms with Crippen LogP contribution >= 0.6 is 0 Å². The van der Waals surface area contributed by atoms with Crippen LogP contribution in [-0.2, 0) is 14.6 Å². The molecule has 2 aliphatic carbocycles. The van der Waals surface area contributed by atoms with Gasteiger partial charge in [0, 0.05) is 6.42 Å². The van der Waals surface area contributed by atoms with Gasteiger partial charge in [-0.05, 0) is 61.0 Å². The summed E-state index contributed by atoms with van der Waals surface area (Å²) >= 11 is 0. The molecule has 4 heteroatoms. The van der Waals surface area contributed by atoms with E-state index in [4.69, 9.17) is 9.78 Å². The van der Waals surface area contributed by atoms with Gasteiger partial charge in [-0.3, -0.25) is 4.79 Å². The third-order valence-corrected chi connectivity index (χ3v) is 7.29. The zero-order valence-corrected chi connectivity index (χ0v) is 15.5. The first-order valence-electron chi connectivity index (χ1n) is 9.03. The third-order valence-electron chi connectivity index (χ3n) is 7.29. The highest BCUT2D eigenvalue weighted by molar-refractivity contribution is 5.92. The Kier molecular flexibility index (Phi) is 4.52. The molecular weight excluding hydrogens is 304 g/mol. The minimum Gasteiger partial charge on any atom is -0.393 e. The van der Waals surface area contributed by atoms with E-state index in [-0.39, 0.29) is 40.7 Å². The Hall–Kier alpha value is -0.970. The van der Waals surface area contributed by atoms with Gasteiger partial charge in [0.25, 0.3) is 0 Å². The summed E-state index contributed by atoms with van der Waals surface area (Å²) in [6.07, 6.45) is 5.39. The van der Waals surface area contributed by atoms with Gasteiger partial charge in [0.2, 0.25) is 0 Å². The van der Waals surface area contributed by atoms with Crippen molar-refractivity contribution >= 4 is 5.78 Å². The highest BCUT2D eigenvalue weighted by atomic mass is 17.2. The van der Waals surface area contributed by atoms with Crippen LogP contribution in [0, 0.1) is 22.7 Å². The lowest BCUT2D eigenvalue weighted by Crippen LogP contribution is -2.57. The van der Waals surface area contributed by atoms with Crippen LogP contribution in [0.3, 0.4) is 0 Å². The van der Waals surface area contributed by atoms with Crippen molar-refractivity contribution in [3.63, 3.8) is 0 Å². The summed E-state index contributed by atoms with van der Waals surface area (Å²) in [5.41, 5.74) is 1.94. The number of carbonyl (C=O) groups is 1. The molecule has 4 nitrogen and oxygen atoms in total. The minimum absolute atomic E-state index is 0.104. The van der Waals surface area contributed by atoms with Crippen LogP contribution in [0.5, 0.6) is 0 Å². The fourth-order valence-corrected chi connectivity index (χ4v) is 5.22. The largest absolute Gasteiger partial charge is 0.393 e. The van der Waals surface area contributed by atoms with Gasteiger partial charge < -0.3 is 5.11 Å². The number of ketones is 1. The Morgan fingerprint density at radius 3 is 2.71 bits per heavy atom. The third kappa shape index (κ3) is 2.69. The fourth-order valence-electron chi connectivity index (χ4n) is 5.22. The maximum absolute atomic E-state index is 12.3. The molecule has 3 aliphatic rings. The van der Waals surface area contributed by atoms with Crippen molar-refractivity contribution < 1.29 is 19.7 Å². The van der Waals surface area contributed by atoms with E-state index >= 15 is 0 Å². The molecule has 0 spiro atoms. The number of hydrogen-bond donors (Lipinski definition) is 1. The first-order valence-corrected chi connectivity index (χ1v) is 9.03. The minimum atomic E-state index is -0.374. The molecule has 1 saturated carbocycles. The second-order valence-electron chi connectivity index (χ2n) is 8.56. The maximum Gasteiger partial charge on any atom is 0.155 e. The summed E-state index contributed by atoms with van der Waals surface area (Å²) in [5, 5.41) is 10.8. The molecule has 1 heterocycles. The number of carbonyl (C=O) groups excluding carboxylic acids is 1. The van der Waals surface area contributed by atoms with Crippen LogP contribution in [0.15, 0.2) is 23.3 Å². The molecule has 6 atom stereocenters. The number of aliphatic hydroxyl groups is 1. The monoisotopic (exact) mass is 334 g/mol. The molecule has 1 N–H and O–H groups in total. The van der Waals surface area contributed by atoms with E-state index in [1.54, 1.807) is 6.08 Å². The second kappa shape index (κ2) is 6.08. The van der Waals surface area contributed by atoms with E-state index in [0.29, 0.717) is 13.0 Å². The van der Waals surface area contributed by atoms with Crippen molar-refractivity contribution in [3.05, 3.63) is 23.3 Å². The second-order valence-corrected chi connectivity index (χ2v) is 8.56. The predicted octanol–water partition coefficient (Wildman–Crippen LogP) is 3.60. The van der Waals surface area contributed by atoms with Gasteiger partial charge >= 0.3 is 0 Å². The first-order chi connectivity index (χ1) is 11.2. The van der Waals surface area contributed by atoms with Gasteiger partial charge in [-0.1, -0.05) is 32.4 Å². The van der Waals surface area contributed by atoms with Gasteiger partial charge in [0.05, 0.1) is 6.10 Å². The summed E-state index contributed by atoms with van der Waals surface area (Å²) in [6, 6.07) is 0. The molecule has 0 aromatic carbocycles. The van der Waals surface area contributed by atoms with Crippen molar-refractivity contribution in [1.29, 1.82) is 0 Å². The summed E-state index contributed by atoms with van der Waals surface area (Å²) < 4.78 is 0. The average Bonchev–Trinajstić information content (AvgIpc) is 2.51. The lowest BCUT2D eigenvalue weighted by atomic mass is 9.46. The molecule has 6 unspecified atom stereocenters. The Bertz CT molecular complexity index is 592. The number of aliphatic hydroxyl groups excluding tert-OH is 1. The molecule has 24 heavy (non-hydrogen) atoms. The predicted molar refractivity (Wildman–Crippen MR) is 92.1 cm³/mol. The first kappa shape index (κ1) is 17.8. The van der Waals surface area contributed by atoms with Gasteiger partial charge in [0.1, 0.15) is 12.7 Å². The zero-order chi connectivity index (χ0) is 17.7. The molecule has 0 amide bonds. The lowest BCUT2D eigenvalue weighted by molar-refractivity contribution is -0.324. The Morgan fingerprint density at radius 2 is 2.04 bits per heavy atom. The molecule has 1 fully saturated rings. The molecule has 1 aliphatic heterocycles. The van der Waals surface area contributed by atoms with Crippen molar-refractivity contribution in [3.8, 4) is 0 Å². The Labute approximate surface area is 144 Å². The highest BCUT2D eigenvalue weighted by Crippen LogP contribution is 2.61. The Balaban J connectivity index is 1.99. The van der Waals surface area contributed by atoms with E-state index in [9.17, 15) is 9.90 Å². The van der Waals surface area contributed by atoms with E-state index in [1.807, 2.05) is 6.92 Å². The zero-order valence-electron chi connectivity index (χ0n) is 15.5. The van der Waals surface area contributed by atoms with Crippen molar-refractivity contribution in [2.24, 2.45) is 22.7 Å². The standard InChI is InChI=1S/C20H30O4/c1-12-6-7-23-24-17(12)11-20(5)14(3)16(22)10-19(4)13(2)8-15(21)9-18(19)20/h6,8,14,16-18,22H,7,9-11H2,1-5H3. The van der Waals surface area contributed by atoms with Gasteiger partial charge in [-0.2, -0.15) is 0 Å². The molecule has 0 saturated heterocycles. The number of hydrogen-bond acceptors (Lipinski definition) is 4. The van der Waals surface area contributed by atoms with Crippen LogP contribution in [0.4, 0.5) is 0 Å². The summed E-state index contributed by atoms with van der Waals surface area (Å²) in [5.74, 6) is 0.518. The fraction of sp³-hybridized carbons (Fsp3) is 0.750. The van der Waals surface area contributed by atoms with E-state index < -0.39 is 0 Å². The summed E-state index contributed by atoms with van der Waals surface area (Å²) in [7, 11) is 0. The topological polar surface area (TPSA) is 55.8 Å². The smallest absolute Gasteiger partial charge is 0.155 e. The van der Waals surface area contributed by atoms with Crippen molar-refractivity contribution in [2.45, 2.75) is 66.1 Å². The highest BCUT2D eigenvalue weighted by Gasteiger charge is 2.58. The van der Waals surface area contributed by atoms with Crippen LogP contribution in [0.25, 0.3) is 0 Å². The number of fused-ring (bicyclic) bond motifs is 1. The molecular formula is C20H30O4. The van der Waals surface area contributed by atoms with Crippen molar-refractivity contribution in [1.82, 2.24) is 0 Å². The number of allylic oxidation sites excluding steroid dienone is 2. The van der Waals surface area contributed by atoms with E-state index in [0.717, 1.165) is 18.4 Å². The normalized spacial score (nSPS) is 46.2. The van der Waals surface area contributed by atoms with Crippen LogP contribution in [0.1, 0.15) is 53.9 Å². The molecule has 0 aromatic rings.